The molecule has 33 heavy (non-hydrogen) atoms. The topological polar surface area (TPSA) is 77.2 Å². The minimum Gasteiger partial charge on any atom is -0.358 e. The molecule has 3 rings (SSSR count). The molecule has 0 spiro atoms. The second-order valence-corrected chi connectivity index (χ2v) is 9.14. The molecular formula is C26H34N4O2S. The number of nitrogens with one attached hydrogen (secondary N) is 3. The Kier molecular flexibility index (Phi) is 8.58. The van der Waals surface area contributed by atoms with Gasteiger partial charge in [0.25, 0.3) is 11.8 Å². The van der Waals surface area contributed by atoms with Gasteiger partial charge in [0.1, 0.15) is 0 Å². The number of H-pyrrole nitrogens is 1. The predicted octanol–water partition coefficient (Wildman–Crippen LogP) is 4.86. The number of aromatic amines is 1. The number of amides is 2. The zero-order valence-corrected chi connectivity index (χ0v) is 21.0. The van der Waals surface area contributed by atoms with Crippen LogP contribution >= 0.6 is 11.8 Å². The average molecular weight is 467 g/mol. The molecule has 0 aliphatic carbocycles. The molecule has 1 aliphatic heterocycles. The molecule has 7 heteroatoms. The summed E-state index contributed by atoms with van der Waals surface area (Å²) in [7, 11) is 0. The van der Waals surface area contributed by atoms with Gasteiger partial charge in [-0.25, -0.2) is 0 Å². The van der Waals surface area contributed by atoms with E-state index in [1.807, 2.05) is 45.1 Å². The molecule has 0 bridgehead atoms. The number of thioether (sulfide) groups is 1. The lowest BCUT2D eigenvalue weighted by Crippen LogP contribution is -2.35. The zero-order chi connectivity index (χ0) is 24.0. The van der Waals surface area contributed by atoms with Gasteiger partial charge < -0.3 is 20.5 Å². The summed E-state index contributed by atoms with van der Waals surface area (Å²) in [5.74, 6) is 0.673. The molecule has 0 fully saturated rings. The molecule has 0 unspecified atom stereocenters. The van der Waals surface area contributed by atoms with Gasteiger partial charge in [0, 0.05) is 46.4 Å². The van der Waals surface area contributed by atoms with E-state index >= 15 is 0 Å². The molecule has 0 radical (unpaired) electrons. The summed E-state index contributed by atoms with van der Waals surface area (Å²) < 4.78 is 0. The van der Waals surface area contributed by atoms with E-state index in [0.717, 1.165) is 58.5 Å². The average Bonchev–Trinajstić information content (AvgIpc) is 3.26. The number of hydrogen-bond donors (Lipinski definition) is 3. The number of nitrogens with zero attached hydrogens (tertiary/aromatic N) is 1. The molecule has 1 aromatic carbocycles. The Balaban J connectivity index is 1.83. The van der Waals surface area contributed by atoms with Crippen molar-refractivity contribution in [3.8, 4) is 0 Å². The molecule has 0 saturated carbocycles. The van der Waals surface area contributed by atoms with Crippen molar-refractivity contribution in [1.29, 1.82) is 0 Å². The molecular weight excluding hydrogens is 432 g/mol. The van der Waals surface area contributed by atoms with E-state index in [-0.39, 0.29) is 11.8 Å². The second-order valence-electron chi connectivity index (χ2n) is 8.05. The summed E-state index contributed by atoms with van der Waals surface area (Å²) in [6, 6.07) is 6.04. The number of aromatic nitrogens is 1. The van der Waals surface area contributed by atoms with Crippen molar-refractivity contribution in [2.75, 3.05) is 37.2 Å². The number of fused-ring (bicyclic) bond motifs is 1. The SMILES string of the molecule is C/C=C/CSc1ccc2c(c1)/C(=C\c1[nH]c(C)c(C(=O)NCCN(CC)CC)c1C)C(=O)N2. The number of carbonyl (C=O) groups excluding carboxylic acids is 2. The Morgan fingerprint density at radius 3 is 2.67 bits per heavy atom. The number of rotatable bonds is 10. The van der Waals surface area contributed by atoms with Crippen LogP contribution in [-0.2, 0) is 4.79 Å². The number of allylic oxidation sites excluding steroid dienone is 1. The Hall–Kier alpha value is -2.77. The first kappa shape index (κ1) is 24.9. The van der Waals surface area contributed by atoms with Crippen LogP contribution in [0.5, 0.6) is 0 Å². The smallest absolute Gasteiger partial charge is 0.256 e. The van der Waals surface area contributed by atoms with E-state index in [2.05, 4.69) is 46.5 Å². The highest BCUT2D eigenvalue weighted by Gasteiger charge is 2.26. The first-order chi connectivity index (χ1) is 15.9. The molecule has 6 nitrogen and oxygen atoms in total. The van der Waals surface area contributed by atoms with Crippen LogP contribution in [0.3, 0.4) is 0 Å². The zero-order valence-electron chi connectivity index (χ0n) is 20.2. The number of aryl methyl sites for hydroxylation is 1. The predicted molar refractivity (Wildman–Crippen MR) is 139 cm³/mol. The summed E-state index contributed by atoms with van der Waals surface area (Å²) in [5, 5.41) is 5.98. The van der Waals surface area contributed by atoms with E-state index in [9.17, 15) is 9.59 Å². The number of benzene rings is 1. The number of anilines is 1. The van der Waals surface area contributed by atoms with Crippen molar-refractivity contribution in [2.24, 2.45) is 0 Å². The van der Waals surface area contributed by atoms with Crippen LogP contribution < -0.4 is 10.6 Å². The molecule has 0 atom stereocenters. The first-order valence-corrected chi connectivity index (χ1v) is 12.5. The lowest BCUT2D eigenvalue weighted by atomic mass is 10.0. The maximum absolute atomic E-state index is 12.9. The van der Waals surface area contributed by atoms with Crippen molar-refractivity contribution in [2.45, 2.75) is 39.5 Å². The van der Waals surface area contributed by atoms with Gasteiger partial charge in [-0.3, -0.25) is 9.59 Å². The summed E-state index contributed by atoms with van der Waals surface area (Å²) in [5.41, 5.74) is 5.40. The monoisotopic (exact) mass is 466 g/mol. The van der Waals surface area contributed by atoms with Gasteiger partial charge in [-0.05, 0) is 63.7 Å². The minimum atomic E-state index is -0.127. The maximum atomic E-state index is 12.9. The Morgan fingerprint density at radius 2 is 1.97 bits per heavy atom. The third-order valence-corrected chi connectivity index (χ3v) is 6.90. The molecule has 3 N–H and O–H groups in total. The van der Waals surface area contributed by atoms with E-state index in [1.165, 1.54) is 0 Å². The molecule has 2 aromatic rings. The highest BCUT2D eigenvalue weighted by molar-refractivity contribution is 7.99. The third-order valence-electron chi connectivity index (χ3n) is 5.96. The molecule has 1 aliphatic rings. The highest BCUT2D eigenvalue weighted by Crippen LogP contribution is 2.36. The van der Waals surface area contributed by atoms with Crippen molar-refractivity contribution in [3.63, 3.8) is 0 Å². The largest absolute Gasteiger partial charge is 0.358 e. The Morgan fingerprint density at radius 1 is 1.21 bits per heavy atom. The van der Waals surface area contributed by atoms with Gasteiger partial charge in [-0.15, -0.1) is 11.8 Å². The first-order valence-electron chi connectivity index (χ1n) is 11.5. The van der Waals surface area contributed by atoms with Crippen LogP contribution in [0, 0.1) is 13.8 Å². The molecule has 2 amide bonds. The van der Waals surface area contributed by atoms with Gasteiger partial charge in [-0.2, -0.15) is 0 Å². The van der Waals surface area contributed by atoms with Crippen LogP contribution in [0.1, 0.15) is 53.6 Å². The summed E-state index contributed by atoms with van der Waals surface area (Å²) in [6.07, 6.45) is 6.00. The number of carbonyl (C=O) groups is 2. The molecule has 1 aromatic heterocycles. The summed E-state index contributed by atoms with van der Waals surface area (Å²) >= 11 is 1.73. The molecule has 2 heterocycles. The van der Waals surface area contributed by atoms with Crippen LogP contribution in [0.15, 0.2) is 35.2 Å². The van der Waals surface area contributed by atoms with E-state index in [1.54, 1.807) is 11.8 Å². The normalized spacial score (nSPS) is 14.4. The lowest BCUT2D eigenvalue weighted by Gasteiger charge is -2.18. The summed E-state index contributed by atoms with van der Waals surface area (Å²) in [6.45, 7) is 13.4. The Bertz CT molecular complexity index is 1080. The van der Waals surface area contributed by atoms with Gasteiger partial charge in [-0.1, -0.05) is 26.0 Å². The standard InChI is InChI=1S/C26H34N4O2S/c1-6-9-14-33-19-10-11-22-20(15-19)21(25(31)29-22)16-23-17(4)24(18(5)28-23)26(32)27-12-13-30(7-2)8-3/h6,9-11,15-16,28H,7-8,12-14H2,1-5H3,(H,27,32)(H,29,31)/b9-6+,21-16+. The fourth-order valence-corrected chi connectivity index (χ4v) is 4.85. The number of likely N-dealkylation sites (N-methyl/N-ethyl adjacent to an activating group) is 1. The van der Waals surface area contributed by atoms with E-state index in [0.29, 0.717) is 17.7 Å². The van der Waals surface area contributed by atoms with Crippen LogP contribution in [0.25, 0.3) is 11.6 Å². The van der Waals surface area contributed by atoms with Gasteiger partial charge in [0.15, 0.2) is 0 Å². The highest BCUT2D eigenvalue weighted by atomic mass is 32.2. The fraction of sp³-hybridized carbons (Fsp3) is 0.385. The van der Waals surface area contributed by atoms with Crippen LogP contribution in [0.4, 0.5) is 5.69 Å². The quantitative estimate of drug-likeness (QED) is 0.265. The van der Waals surface area contributed by atoms with Crippen molar-refractivity contribution >= 4 is 40.9 Å². The van der Waals surface area contributed by atoms with Gasteiger partial charge in [0.05, 0.1) is 11.1 Å². The third kappa shape index (κ3) is 5.78. The molecule has 0 saturated heterocycles. The van der Waals surface area contributed by atoms with E-state index in [4.69, 9.17) is 0 Å². The van der Waals surface area contributed by atoms with Crippen molar-refractivity contribution in [3.05, 3.63) is 58.4 Å². The van der Waals surface area contributed by atoms with Crippen molar-refractivity contribution < 1.29 is 9.59 Å². The summed E-state index contributed by atoms with van der Waals surface area (Å²) in [4.78, 5) is 32.3. The van der Waals surface area contributed by atoms with Crippen LogP contribution in [-0.4, -0.2) is 53.6 Å². The molecule has 176 valence electrons. The van der Waals surface area contributed by atoms with Crippen molar-refractivity contribution in [1.82, 2.24) is 15.2 Å². The van der Waals surface area contributed by atoms with Gasteiger partial charge in [0.2, 0.25) is 0 Å². The number of hydrogen-bond acceptors (Lipinski definition) is 4. The van der Waals surface area contributed by atoms with Crippen LogP contribution in [0.2, 0.25) is 0 Å². The Labute approximate surface area is 200 Å². The minimum absolute atomic E-state index is 0.0861. The lowest BCUT2D eigenvalue weighted by molar-refractivity contribution is -0.110. The maximum Gasteiger partial charge on any atom is 0.256 e. The second kappa shape index (κ2) is 11.4. The van der Waals surface area contributed by atoms with E-state index < -0.39 is 0 Å². The van der Waals surface area contributed by atoms with Gasteiger partial charge >= 0.3 is 0 Å². The fourth-order valence-electron chi connectivity index (χ4n) is 4.00.